The second-order valence-corrected chi connectivity index (χ2v) is 7.71. The van der Waals surface area contributed by atoms with E-state index in [-0.39, 0.29) is 30.6 Å². The summed E-state index contributed by atoms with van der Waals surface area (Å²) in [6.45, 7) is 4.19. The number of halogens is 4. The SMILES string of the molecule is COc1cc([C@@H](CC2CC2)N2CCNCC2)c(Br)c(Br)c1O.Cl.Cl. The van der Waals surface area contributed by atoms with Gasteiger partial charge in [-0.05, 0) is 55.8 Å². The van der Waals surface area contributed by atoms with Crippen molar-refractivity contribution in [3.8, 4) is 11.5 Å². The van der Waals surface area contributed by atoms with Crippen molar-refractivity contribution in [1.82, 2.24) is 10.2 Å². The van der Waals surface area contributed by atoms with Crippen LogP contribution >= 0.6 is 56.7 Å². The van der Waals surface area contributed by atoms with Crippen LogP contribution in [0.1, 0.15) is 30.9 Å². The fourth-order valence-electron chi connectivity index (χ4n) is 3.15. The minimum atomic E-state index is 0. The molecule has 0 bridgehead atoms. The van der Waals surface area contributed by atoms with Crippen molar-refractivity contribution < 1.29 is 9.84 Å². The van der Waals surface area contributed by atoms with Crippen LogP contribution in [0.25, 0.3) is 0 Å². The van der Waals surface area contributed by atoms with Crippen LogP contribution < -0.4 is 10.1 Å². The summed E-state index contributed by atoms with van der Waals surface area (Å²) in [5.41, 5.74) is 1.20. The lowest BCUT2D eigenvalue weighted by molar-refractivity contribution is 0.159. The molecule has 24 heavy (non-hydrogen) atoms. The molecule has 0 amide bonds. The molecule has 1 saturated carbocycles. The molecule has 1 saturated heterocycles. The molecule has 0 aromatic heterocycles. The van der Waals surface area contributed by atoms with Gasteiger partial charge in [-0.2, -0.15) is 0 Å². The first-order valence-corrected chi connectivity index (χ1v) is 9.40. The Morgan fingerprint density at radius 2 is 1.88 bits per heavy atom. The normalized spacial score (nSPS) is 19.1. The van der Waals surface area contributed by atoms with Crippen LogP contribution in [0.4, 0.5) is 0 Å². The van der Waals surface area contributed by atoms with E-state index in [0.29, 0.717) is 16.3 Å². The summed E-state index contributed by atoms with van der Waals surface area (Å²) >= 11 is 7.16. The second kappa shape index (κ2) is 9.83. The number of piperazine rings is 1. The van der Waals surface area contributed by atoms with Gasteiger partial charge in [-0.25, -0.2) is 0 Å². The highest BCUT2D eigenvalue weighted by Gasteiger charge is 2.32. The van der Waals surface area contributed by atoms with Crippen molar-refractivity contribution in [1.29, 1.82) is 0 Å². The molecule has 1 atom stereocenters. The summed E-state index contributed by atoms with van der Waals surface area (Å²) in [6, 6.07) is 2.36. The van der Waals surface area contributed by atoms with Crippen molar-refractivity contribution in [2.75, 3.05) is 33.3 Å². The number of hydrogen-bond acceptors (Lipinski definition) is 4. The van der Waals surface area contributed by atoms with E-state index in [1.165, 1.54) is 24.8 Å². The molecule has 0 unspecified atom stereocenters. The van der Waals surface area contributed by atoms with Crippen molar-refractivity contribution in [3.05, 3.63) is 20.6 Å². The zero-order chi connectivity index (χ0) is 15.7. The van der Waals surface area contributed by atoms with E-state index in [1.807, 2.05) is 6.07 Å². The molecule has 0 radical (unpaired) electrons. The zero-order valence-corrected chi connectivity index (χ0v) is 18.4. The standard InChI is InChI=1S/C16H22Br2N2O2.2ClH/c1-22-13-9-11(14(17)15(18)16(13)21)12(8-10-2-3-10)20-6-4-19-5-7-20;;/h9-10,12,19,21H,2-8H2,1H3;2*1H/t12-;;/m1../s1. The van der Waals surface area contributed by atoms with E-state index >= 15 is 0 Å². The third-order valence-electron chi connectivity index (χ3n) is 4.60. The fraction of sp³-hybridized carbons (Fsp3) is 0.625. The molecular formula is C16H24Br2Cl2N2O2. The highest BCUT2D eigenvalue weighted by atomic mass is 79.9. The lowest BCUT2D eigenvalue weighted by Gasteiger charge is -2.36. The number of phenolic OH excluding ortho intramolecular Hbond substituents is 1. The highest BCUT2D eigenvalue weighted by molar-refractivity contribution is 9.13. The number of nitrogens with one attached hydrogen (secondary N) is 1. The molecule has 4 nitrogen and oxygen atoms in total. The number of nitrogens with zero attached hydrogens (tertiary/aromatic N) is 1. The van der Waals surface area contributed by atoms with Gasteiger partial charge in [0.05, 0.1) is 11.6 Å². The molecule has 1 aromatic carbocycles. The first-order valence-electron chi connectivity index (χ1n) is 7.81. The van der Waals surface area contributed by atoms with Gasteiger partial charge in [0.25, 0.3) is 0 Å². The van der Waals surface area contributed by atoms with E-state index in [1.54, 1.807) is 7.11 Å². The Kier molecular flexibility index (Phi) is 9.15. The van der Waals surface area contributed by atoms with E-state index in [0.717, 1.165) is 36.6 Å². The van der Waals surface area contributed by atoms with Gasteiger partial charge in [0.15, 0.2) is 11.5 Å². The average Bonchev–Trinajstić information content (AvgIpc) is 3.36. The summed E-state index contributed by atoms with van der Waals surface area (Å²) in [4.78, 5) is 2.55. The monoisotopic (exact) mass is 504 g/mol. The molecule has 2 aliphatic rings. The van der Waals surface area contributed by atoms with Gasteiger partial charge in [-0.1, -0.05) is 12.8 Å². The van der Waals surface area contributed by atoms with Crippen LogP contribution in [-0.4, -0.2) is 43.3 Å². The van der Waals surface area contributed by atoms with Crippen molar-refractivity contribution in [2.45, 2.75) is 25.3 Å². The van der Waals surface area contributed by atoms with Gasteiger partial charge in [0.2, 0.25) is 0 Å². The molecule has 1 aromatic rings. The van der Waals surface area contributed by atoms with Crippen LogP contribution in [0.5, 0.6) is 11.5 Å². The van der Waals surface area contributed by atoms with Crippen molar-refractivity contribution in [2.24, 2.45) is 5.92 Å². The first-order chi connectivity index (χ1) is 10.6. The van der Waals surface area contributed by atoms with Gasteiger partial charge in [0.1, 0.15) is 0 Å². The Morgan fingerprint density at radius 1 is 1.25 bits per heavy atom. The number of hydrogen-bond donors (Lipinski definition) is 2. The summed E-state index contributed by atoms with van der Waals surface area (Å²) in [6.07, 6.45) is 3.87. The maximum Gasteiger partial charge on any atom is 0.173 e. The summed E-state index contributed by atoms with van der Waals surface area (Å²) in [5, 5.41) is 13.6. The number of methoxy groups -OCH3 is 1. The van der Waals surface area contributed by atoms with Crippen LogP contribution in [0.15, 0.2) is 15.0 Å². The maximum atomic E-state index is 10.2. The minimum Gasteiger partial charge on any atom is -0.503 e. The molecule has 8 heteroatoms. The van der Waals surface area contributed by atoms with Gasteiger partial charge >= 0.3 is 0 Å². The Bertz CT molecular complexity index is 553. The molecule has 1 aliphatic carbocycles. The van der Waals surface area contributed by atoms with Crippen LogP contribution in [-0.2, 0) is 0 Å². The topological polar surface area (TPSA) is 44.7 Å². The maximum absolute atomic E-state index is 10.2. The number of rotatable bonds is 5. The van der Waals surface area contributed by atoms with E-state index in [4.69, 9.17) is 4.74 Å². The number of ether oxygens (including phenoxy) is 1. The Hall–Kier alpha value is 0.280. The predicted molar refractivity (Wildman–Crippen MR) is 109 cm³/mol. The van der Waals surface area contributed by atoms with Crippen LogP contribution in [0.2, 0.25) is 0 Å². The molecule has 138 valence electrons. The smallest absolute Gasteiger partial charge is 0.173 e. The average molecular weight is 507 g/mol. The van der Waals surface area contributed by atoms with Crippen molar-refractivity contribution >= 4 is 56.7 Å². The number of phenols is 1. The summed E-state index contributed by atoms with van der Waals surface area (Å²) in [5.74, 6) is 1.52. The van der Waals surface area contributed by atoms with E-state index < -0.39 is 0 Å². The van der Waals surface area contributed by atoms with Crippen LogP contribution in [0, 0.1) is 5.92 Å². The highest BCUT2D eigenvalue weighted by Crippen LogP contribution is 2.48. The van der Waals surface area contributed by atoms with Gasteiger partial charge < -0.3 is 15.2 Å². The zero-order valence-electron chi connectivity index (χ0n) is 13.6. The third-order valence-corrected chi connectivity index (χ3v) is 6.76. The Labute approximate surface area is 172 Å². The van der Waals surface area contributed by atoms with Gasteiger partial charge in [-0.3, -0.25) is 4.90 Å². The van der Waals surface area contributed by atoms with E-state index in [9.17, 15) is 5.11 Å². The lowest BCUT2D eigenvalue weighted by atomic mass is 9.98. The van der Waals surface area contributed by atoms with Crippen LogP contribution in [0.3, 0.4) is 0 Å². The quantitative estimate of drug-likeness (QED) is 0.616. The molecular weight excluding hydrogens is 483 g/mol. The Balaban J connectivity index is 0.00000144. The molecule has 1 heterocycles. The number of benzene rings is 1. The molecule has 1 aliphatic heterocycles. The summed E-state index contributed by atoms with van der Waals surface area (Å²) < 4.78 is 6.97. The minimum absolute atomic E-state index is 0. The molecule has 2 N–H and O–H groups in total. The largest absolute Gasteiger partial charge is 0.503 e. The summed E-state index contributed by atoms with van der Waals surface area (Å²) in [7, 11) is 1.60. The molecule has 0 spiro atoms. The molecule has 2 fully saturated rings. The lowest BCUT2D eigenvalue weighted by Crippen LogP contribution is -2.45. The predicted octanol–water partition coefficient (Wildman–Crippen LogP) is 4.52. The van der Waals surface area contributed by atoms with E-state index in [2.05, 4.69) is 42.1 Å². The van der Waals surface area contributed by atoms with Crippen molar-refractivity contribution in [3.63, 3.8) is 0 Å². The van der Waals surface area contributed by atoms with Gasteiger partial charge in [0, 0.05) is 36.7 Å². The van der Waals surface area contributed by atoms with Gasteiger partial charge in [-0.15, -0.1) is 24.8 Å². The third kappa shape index (κ3) is 4.92. The second-order valence-electron chi connectivity index (χ2n) is 6.13. The molecule has 3 rings (SSSR count). The fourth-order valence-corrected chi connectivity index (χ4v) is 4.14. The Morgan fingerprint density at radius 3 is 2.42 bits per heavy atom. The first kappa shape index (κ1) is 22.3. The number of aromatic hydroxyl groups is 1.